The molecule has 0 saturated carbocycles. The van der Waals surface area contributed by atoms with Crippen LogP contribution in [-0.2, 0) is 0 Å². The molecule has 2 aromatic carbocycles. The largest absolute Gasteiger partial charge is 0.492 e. The Hall–Kier alpha value is -1.37. The molecule has 0 aromatic heterocycles. The summed E-state index contributed by atoms with van der Waals surface area (Å²) in [5.74, 6) is 0.611. The lowest BCUT2D eigenvalue weighted by Gasteiger charge is -2.34. The van der Waals surface area contributed by atoms with Crippen LogP contribution in [0.4, 0.5) is 4.39 Å². The number of halogens is 4. The molecule has 0 amide bonds. The molecule has 1 saturated heterocycles. The Balaban J connectivity index is 0.00000225. The maximum atomic E-state index is 12.9. The molecule has 0 unspecified atom stereocenters. The van der Waals surface area contributed by atoms with Gasteiger partial charge in [0.05, 0.1) is 0 Å². The Labute approximate surface area is 195 Å². The standard InChI is InChI=1S/C22H26ClFN2O2.2ClH/c23-19-5-9-21(10-6-19)28-17-16-26-14-12-25(13-15-26)11-1-2-22(27)18-3-7-20(24)8-4-18;;/h3-10H,1-2,11-17H2;2*1H. The van der Waals surface area contributed by atoms with Crippen molar-refractivity contribution in [3.8, 4) is 5.75 Å². The van der Waals surface area contributed by atoms with Gasteiger partial charge in [-0.25, -0.2) is 4.39 Å². The maximum Gasteiger partial charge on any atom is 0.162 e. The molecule has 0 bridgehead atoms. The van der Waals surface area contributed by atoms with E-state index >= 15 is 0 Å². The van der Waals surface area contributed by atoms with Crippen LogP contribution in [0, 0.1) is 5.82 Å². The normalized spacial score (nSPS) is 14.5. The second-order valence-corrected chi connectivity index (χ2v) is 7.46. The number of Topliss-reactive ketones (excluding diaryl/α,β-unsaturated/α-hetero) is 1. The van der Waals surface area contributed by atoms with Gasteiger partial charge in [0.1, 0.15) is 18.2 Å². The predicted molar refractivity (Wildman–Crippen MR) is 124 cm³/mol. The Morgan fingerprint density at radius 2 is 1.47 bits per heavy atom. The van der Waals surface area contributed by atoms with E-state index in [1.807, 2.05) is 24.3 Å². The third-order valence-electron chi connectivity index (χ3n) is 5.00. The number of carbonyl (C=O) groups is 1. The second kappa shape index (κ2) is 13.8. The summed E-state index contributed by atoms with van der Waals surface area (Å²) in [6.45, 7) is 6.51. The zero-order valence-electron chi connectivity index (χ0n) is 16.8. The highest BCUT2D eigenvalue weighted by Crippen LogP contribution is 2.15. The molecule has 1 heterocycles. The predicted octanol–water partition coefficient (Wildman–Crippen LogP) is 4.98. The van der Waals surface area contributed by atoms with Crippen molar-refractivity contribution in [2.45, 2.75) is 12.8 Å². The molecule has 8 heteroatoms. The molecule has 2 aromatic rings. The molecule has 0 aliphatic carbocycles. The zero-order valence-corrected chi connectivity index (χ0v) is 19.2. The van der Waals surface area contributed by atoms with Gasteiger partial charge >= 0.3 is 0 Å². The number of piperazine rings is 1. The van der Waals surface area contributed by atoms with E-state index in [-0.39, 0.29) is 36.4 Å². The maximum absolute atomic E-state index is 12.9. The van der Waals surface area contributed by atoms with Crippen molar-refractivity contribution in [1.82, 2.24) is 9.80 Å². The number of carbonyl (C=O) groups excluding carboxylic acids is 1. The molecule has 166 valence electrons. The molecule has 3 rings (SSSR count). The zero-order chi connectivity index (χ0) is 19.8. The molecule has 1 aliphatic rings. The SMILES string of the molecule is Cl.Cl.O=C(CCCN1CCN(CCOc2ccc(Cl)cc2)CC1)c1ccc(F)cc1. The number of rotatable bonds is 9. The first-order valence-electron chi connectivity index (χ1n) is 9.72. The van der Waals surface area contributed by atoms with Crippen molar-refractivity contribution < 1.29 is 13.9 Å². The van der Waals surface area contributed by atoms with E-state index in [0.29, 0.717) is 23.6 Å². The number of nitrogens with zero attached hydrogens (tertiary/aromatic N) is 2. The average Bonchev–Trinajstić information content (AvgIpc) is 2.71. The highest BCUT2D eigenvalue weighted by Gasteiger charge is 2.17. The summed E-state index contributed by atoms with van der Waals surface area (Å²) in [4.78, 5) is 16.9. The summed E-state index contributed by atoms with van der Waals surface area (Å²) < 4.78 is 18.7. The molecule has 1 fully saturated rings. The van der Waals surface area contributed by atoms with Crippen LogP contribution >= 0.6 is 36.4 Å². The van der Waals surface area contributed by atoms with Crippen LogP contribution in [0.2, 0.25) is 5.02 Å². The highest BCUT2D eigenvalue weighted by atomic mass is 35.5. The molecular formula is C22H28Cl3FN2O2. The van der Waals surface area contributed by atoms with E-state index in [4.69, 9.17) is 16.3 Å². The number of ketones is 1. The topological polar surface area (TPSA) is 32.8 Å². The second-order valence-electron chi connectivity index (χ2n) is 7.02. The summed E-state index contributed by atoms with van der Waals surface area (Å²) in [6, 6.07) is 13.2. The summed E-state index contributed by atoms with van der Waals surface area (Å²) in [6.07, 6.45) is 1.33. The molecule has 0 N–H and O–H groups in total. The Morgan fingerprint density at radius 3 is 2.07 bits per heavy atom. The lowest BCUT2D eigenvalue weighted by molar-refractivity contribution is 0.0953. The average molecular weight is 478 g/mol. The molecule has 1 aliphatic heterocycles. The van der Waals surface area contributed by atoms with Crippen LogP contribution in [0.25, 0.3) is 0 Å². The van der Waals surface area contributed by atoms with E-state index in [1.165, 1.54) is 12.1 Å². The van der Waals surface area contributed by atoms with Gasteiger partial charge in [-0.3, -0.25) is 9.69 Å². The first kappa shape index (κ1) is 26.7. The minimum Gasteiger partial charge on any atom is -0.492 e. The highest BCUT2D eigenvalue weighted by molar-refractivity contribution is 6.30. The van der Waals surface area contributed by atoms with Gasteiger partial charge in [0.25, 0.3) is 0 Å². The monoisotopic (exact) mass is 476 g/mol. The molecule has 30 heavy (non-hydrogen) atoms. The fourth-order valence-corrected chi connectivity index (χ4v) is 3.43. The van der Waals surface area contributed by atoms with E-state index < -0.39 is 0 Å². The lowest BCUT2D eigenvalue weighted by Crippen LogP contribution is -2.47. The van der Waals surface area contributed by atoms with Crippen molar-refractivity contribution in [3.63, 3.8) is 0 Å². The lowest BCUT2D eigenvalue weighted by atomic mass is 10.1. The summed E-state index contributed by atoms with van der Waals surface area (Å²) in [7, 11) is 0. The first-order chi connectivity index (χ1) is 13.6. The van der Waals surface area contributed by atoms with Crippen LogP contribution < -0.4 is 4.74 Å². The van der Waals surface area contributed by atoms with Gasteiger partial charge < -0.3 is 9.64 Å². The minimum absolute atomic E-state index is 0. The van der Waals surface area contributed by atoms with E-state index in [0.717, 1.165) is 51.4 Å². The van der Waals surface area contributed by atoms with E-state index in [2.05, 4.69) is 9.80 Å². The summed E-state index contributed by atoms with van der Waals surface area (Å²) >= 11 is 5.87. The van der Waals surface area contributed by atoms with E-state index in [1.54, 1.807) is 12.1 Å². The smallest absolute Gasteiger partial charge is 0.162 e. The van der Waals surface area contributed by atoms with Crippen molar-refractivity contribution in [3.05, 3.63) is 64.9 Å². The van der Waals surface area contributed by atoms with Crippen LogP contribution in [0.1, 0.15) is 23.2 Å². The van der Waals surface area contributed by atoms with Crippen LogP contribution in [-0.4, -0.2) is 61.5 Å². The number of hydrogen-bond donors (Lipinski definition) is 0. The molecule has 4 nitrogen and oxygen atoms in total. The Kier molecular flexibility index (Phi) is 12.3. The van der Waals surface area contributed by atoms with Gasteiger partial charge in [-0.05, 0) is 61.5 Å². The van der Waals surface area contributed by atoms with Crippen LogP contribution in [0.5, 0.6) is 5.75 Å². The summed E-state index contributed by atoms with van der Waals surface area (Å²) in [5.41, 5.74) is 0.590. The van der Waals surface area contributed by atoms with Gasteiger partial charge in [0.2, 0.25) is 0 Å². The third-order valence-corrected chi connectivity index (χ3v) is 5.25. The molecule has 0 radical (unpaired) electrons. The van der Waals surface area contributed by atoms with Crippen molar-refractivity contribution in [2.75, 3.05) is 45.9 Å². The van der Waals surface area contributed by atoms with Crippen molar-refractivity contribution in [2.24, 2.45) is 0 Å². The minimum atomic E-state index is -0.312. The number of ether oxygens (including phenoxy) is 1. The molecule has 0 spiro atoms. The van der Waals surface area contributed by atoms with Crippen LogP contribution in [0.3, 0.4) is 0 Å². The van der Waals surface area contributed by atoms with Crippen LogP contribution in [0.15, 0.2) is 48.5 Å². The molecule has 0 atom stereocenters. The van der Waals surface area contributed by atoms with Gasteiger partial charge in [0, 0.05) is 49.7 Å². The van der Waals surface area contributed by atoms with Gasteiger partial charge in [0.15, 0.2) is 5.78 Å². The first-order valence-corrected chi connectivity index (χ1v) is 10.1. The Morgan fingerprint density at radius 1 is 0.900 bits per heavy atom. The fourth-order valence-electron chi connectivity index (χ4n) is 3.30. The van der Waals surface area contributed by atoms with Gasteiger partial charge in [-0.2, -0.15) is 0 Å². The fraction of sp³-hybridized carbons (Fsp3) is 0.409. The summed E-state index contributed by atoms with van der Waals surface area (Å²) in [5, 5.41) is 0.711. The van der Waals surface area contributed by atoms with E-state index in [9.17, 15) is 9.18 Å². The third kappa shape index (κ3) is 8.78. The quantitative estimate of drug-likeness (QED) is 0.477. The van der Waals surface area contributed by atoms with Gasteiger partial charge in [-0.15, -0.1) is 24.8 Å². The number of benzene rings is 2. The van der Waals surface area contributed by atoms with Crippen molar-refractivity contribution >= 4 is 42.2 Å². The van der Waals surface area contributed by atoms with Crippen molar-refractivity contribution in [1.29, 1.82) is 0 Å². The number of hydrogen-bond acceptors (Lipinski definition) is 4. The molecular weight excluding hydrogens is 450 g/mol. The Bertz CT molecular complexity index is 752. The van der Waals surface area contributed by atoms with Gasteiger partial charge in [-0.1, -0.05) is 11.6 Å².